The summed E-state index contributed by atoms with van der Waals surface area (Å²) in [4.78, 5) is 14.6. The smallest absolute Gasteiger partial charge is 0.254 e. The number of ether oxygens (including phenoxy) is 2. The van der Waals surface area contributed by atoms with E-state index >= 15 is 0 Å². The zero-order valence-electron chi connectivity index (χ0n) is 14.6. The predicted molar refractivity (Wildman–Crippen MR) is 91.9 cm³/mol. The molecule has 3 rings (SSSR count). The Morgan fingerprint density at radius 3 is 3.00 bits per heavy atom. The fourth-order valence-corrected chi connectivity index (χ4v) is 3.20. The molecule has 5 nitrogen and oxygen atoms in total. The number of amides is 1. The van der Waals surface area contributed by atoms with Crippen LogP contribution in [0.1, 0.15) is 19.4 Å². The zero-order chi connectivity index (χ0) is 17.2. The lowest BCUT2D eigenvalue weighted by Gasteiger charge is -2.31. The highest BCUT2D eigenvalue weighted by Crippen LogP contribution is 2.24. The molecule has 0 saturated carbocycles. The van der Waals surface area contributed by atoms with Crippen LogP contribution in [0.15, 0.2) is 34.9 Å². The molecule has 0 bridgehead atoms. The standard InChI is InChI=1S/C19H25NO4/c1-19(2,22-3)18(21)20-8-10-23-13-14(12-20)11-15-5-4-6-17-16(15)7-9-24-17/h4-7,9,14H,8,10-13H2,1-3H3/t14-/m0/s1. The first-order valence-electron chi connectivity index (χ1n) is 8.38. The third kappa shape index (κ3) is 3.47. The first-order valence-corrected chi connectivity index (χ1v) is 8.38. The number of carbonyl (C=O) groups is 1. The van der Waals surface area contributed by atoms with Crippen LogP contribution in [-0.4, -0.2) is 49.8 Å². The molecule has 1 aromatic heterocycles. The minimum Gasteiger partial charge on any atom is -0.464 e. The van der Waals surface area contributed by atoms with Gasteiger partial charge in [-0.15, -0.1) is 0 Å². The van der Waals surface area contributed by atoms with Gasteiger partial charge in [-0.1, -0.05) is 12.1 Å². The second-order valence-corrected chi connectivity index (χ2v) is 6.86. The quantitative estimate of drug-likeness (QED) is 0.864. The molecule has 1 atom stereocenters. The average molecular weight is 331 g/mol. The lowest BCUT2D eigenvalue weighted by Crippen LogP contribution is -2.48. The summed E-state index contributed by atoms with van der Waals surface area (Å²) in [5.41, 5.74) is 1.32. The Balaban J connectivity index is 1.76. The lowest BCUT2D eigenvalue weighted by molar-refractivity contribution is -0.151. The number of hydrogen-bond acceptors (Lipinski definition) is 4. The molecule has 0 spiro atoms. The van der Waals surface area contributed by atoms with E-state index in [1.165, 1.54) is 5.56 Å². The minimum atomic E-state index is -0.806. The van der Waals surface area contributed by atoms with Crippen molar-refractivity contribution in [1.29, 1.82) is 0 Å². The van der Waals surface area contributed by atoms with Crippen molar-refractivity contribution in [2.24, 2.45) is 5.92 Å². The molecule has 1 saturated heterocycles. The SMILES string of the molecule is COC(C)(C)C(=O)N1CCOC[C@@H](Cc2cccc3occc23)C1. The van der Waals surface area contributed by atoms with Crippen molar-refractivity contribution in [1.82, 2.24) is 4.90 Å². The molecule has 1 amide bonds. The van der Waals surface area contributed by atoms with Gasteiger partial charge in [0.15, 0.2) is 0 Å². The van der Waals surface area contributed by atoms with Crippen LogP contribution in [0.5, 0.6) is 0 Å². The molecule has 5 heteroatoms. The van der Waals surface area contributed by atoms with Crippen LogP contribution >= 0.6 is 0 Å². The molecule has 1 aliphatic heterocycles. The number of rotatable bonds is 4. The number of benzene rings is 1. The Hall–Kier alpha value is -1.85. The molecule has 24 heavy (non-hydrogen) atoms. The number of methoxy groups -OCH3 is 1. The van der Waals surface area contributed by atoms with E-state index in [0.717, 1.165) is 17.4 Å². The molecule has 130 valence electrons. The van der Waals surface area contributed by atoms with Crippen molar-refractivity contribution in [2.75, 3.05) is 33.4 Å². The number of hydrogen-bond donors (Lipinski definition) is 0. The van der Waals surface area contributed by atoms with E-state index in [1.807, 2.05) is 36.9 Å². The number of fused-ring (bicyclic) bond motifs is 1. The van der Waals surface area contributed by atoms with Gasteiger partial charge in [-0.25, -0.2) is 0 Å². The Labute approximate surface area is 142 Å². The maximum absolute atomic E-state index is 12.7. The van der Waals surface area contributed by atoms with Gasteiger partial charge in [-0.05, 0) is 38.0 Å². The number of nitrogens with zero attached hydrogens (tertiary/aromatic N) is 1. The van der Waals surface area contributed by atoms with Crippen molar-refractivity contribution < 1.29 is 18.7 Å². The molecule has 0 N–H and O–H groups in total. The molecule has 2 aromatic rings. The van der Waals surface area contributed by atoms with Crippen LogP contribution in [0.25, 0.3) is 11.0 Å². The largest absolute Gasteiger partial charge is 0.464 e. The summed E-state index contributed by atoms with van der Waals surface area (Å²) in [6.45, 7) is 6.13. The summed E-state index contributed by atoms with van der Waals surface area (Å²) in [5.74, 6) is 0.270. The van der Waals surface area contributed by atoms with Crippen molar-refractivity contribution >= 4 is 16.9 Å². The first-order chi connectivity index (χ1) is 11.5. The molecule has 1 aromatic carbocycles. The molecule has 1 aliphatic rings. The lowest BCUT2D eigenvalue weighted by atomic mass is 9.96. The second-order valence-electron chi connectivity index (χ2n) is 6.86. The van der Waals surface area contributed by atoms with Crippen molar-refractivity contribution in [2.45, 2.75) is 25.9 Å². The van der Waals surface area contributed by atoms with Crippen LogP contribution in [0, 0.1) is 5.92 Å². The molecule has 2 heterocycles. The van der Waals surface area contributed by atoms with Gasteiger partial charge in [0.1, 0.15) is 11.2 Å². The van der Waals surface area contributed by atoms with Gasteiger partial charge >= 0.3 is 0 Å². The topological polar surface area (TPSA) is 51.9 Å². The summed E-state index contributed by atoms with van der Waals surface area (Å²) in [5, 5.41) is 1.14. The monoisotopic (exact) mass is 331 g/mol. The molecular weight excluding hydrogens is 306 g/mol. The van der Waals surface area contributed by atoms with Gasteiger partial charge in [-0.3, -0.25) is 4.79 Å². The van der Waals surface area contributed by atoms with E-state index < -0.39 is 5.60 Å². The predicted octanol–water partition coefficient (Wildman–Crippen LogP) is 2.88. The highest BCUT2D eigenvalue weighted by atomic mass is 16.5. The number of furan rings is 1. The molecule has 0 unspecified atom stereocenters. The van der Waals surface area contributed by atoms with Gasteiger partial charge in [0.25, 0.3) is 5.91 Å². The molecular formula is C19H25NO4. The van der Waals surface area contributed by atoms with Gasteiger partial charge in [0, 0.05) is 31.5 Å². The van der Waals surface area contributed by atoms with E-state index in [4.69, 9.17) is 13.9 Å². The van der Waals surface area contributed by atoms with Gasteiger partial charge in [0.05, 0.1) is 19.5 Å². The highest BCUT2D eigenvalue weighted by Gasteiger charge is 2.34. The van der Waals surface area contributed by atoms with Gasteiger partial charge in [-0.2, -0.15) is 0 Å². The van der Waals surface area contributed by atoms with E-state index in [0.29, 0.717) is 26.3 Å². The van der Waals surface area contributed by atoms with E-state index in [-0.39, 0.29) is 11.8 Å². The summed E-state index contributed by atoms with van der Waals surface area (Å²) in [6, 6.07) is 8.10. The van der Waals surface area contributed by atoms with E-state index in [1.54, 1.807) is 13.4 Å². The fraction of sp³-hybridized carbons (Fsp3) is 0.526. The normalized spacial score (nSPS) is 19.5. The van der Waals surface area contributed by atoms with Crippen LogP contribution < -0.4 is 0 Å². The number of carbonyl (C=O) groups excluding carboxylic acids is 1. The molecule has 0 radical (unpaired) electrons. The van der Waals surface area contributed by atoms with E-state index in [9.17, 15) is 4.79 Å². The third-order valence-electron chi connectivity index (χ3n) is 4.74. The maximum atomic E-state index is 12.7. The fourth-order valence-electron chi connectivity index (χ4n) is 3.20. The van der Waals surface area contributed by atoms with Crippen LogP contribution in [-0.2, 0) is 20.7 Å². The Bertz CT molecular complexity index is 706. The summed E-state index contributed by atoms with van der Waals surface area (Å²) < 4.78 is 16.6. The maximum Gasteiger partial charge on any atom is 0.254 e. The summed E-state index contributed by atoms with van der Waals surface area (Å²) >= 11 is 0. The second kappa shape index (κ2) is 6.95. The van der Waals surface area contributed by atoms with Crippen LogP contribution in [0.4, 0.5) is 0 Å². The minimum absolute atomic E-state index is 0.0158. The van der Waals surface area contributed by atoms with Crippen molar-refractivity contribution in [3.63, 3.8) is 0 Å². The van der Waals surface area contributed by atoms with Crippen LogP contribution in [0.3, 0.4) is 0 Å². The van der Waals surface area contributed by atoms with Gasteiger partial charge < -0.3 is 18.8 Å². The highest BCUT2D eigenvalue weighted by molar-refractivity contribution is 5.84. The van der Waals surface area contributed by atoms with Crippen molar-refractivity contribution in [3.8, 4) is 0 Å². The Morgan fingerprint density at radius 1 is 1.38 bits per heavy atom. The molecule has 1 fully saturated rings. The first kappa shape index (κ1) is 17.0. The van der Waals surface area contributed by atoms with E-state index in [2.05, 4.69) is 6.07 Å². The van der Waals surface area contributed by atoms with Crippen LogP contribution in [0.2, 0.25) is 0 Å². The van der Waals surface area contributed by atoms with Gasteiger partial charge in [0.2, 0.25) is 0 Å². The average Bonchev–Trinajstić information content (AvgIpc) is 2.95. The Kier molecular flexibility index (Phi) is 4.92. The third-order valence-corrected chi connectivity index (χ3v) is 4.74. The molecule has 0 aliphatic carbocycles. The van der Waals surface area contributed by atoms with Crippen molar-refractivity contribution in [3.05, 3.63) is 36.1 Å². The Morgan fingerprint density at radius 2 is 2.21 bits per heavy atom. The summed E-state index contributed by atoms with van der Waals surface area (Å²) in [6.07, 6.45) is 2.57. The zero-order valence-corrected chi connectivity index (χ0v) is 14.6. The summed E-state index contributed by atoms with van der Waals surface area (Å²) in [7, 11) is 1.57.